The average molecular weight is 380 g/mol. The lowest BCUT2D eigenvalue weighted by Crippen LogP contribution is -2.47. The Morgan fingerprint density at radius 1 is 0.964 bits per heavy atom. The average Bonchev–Trinajstić information content (AvgIpc) is 2.74. The lowest BCUT2D eigenvalue weighted by atomic mass is 9.98. The molecule has 0 bridgehead atoms. The standard InChI is InChI=1S/C23H29N3O2/c1-24-22(27)17-26-15-13-20(14-16-26)25-23(28)21-10-6-5-9-19(21)12-11-18-7-3-2-4-8-18/h2-10,20H,11-17H2,1H3,(H,24,27)(H,25,28). The second-order valence-electron chi connectivity index (χ2n) is 7.34. The molecule has 2 N–H and O–H groups in total. The zero-order valence-corrected chi connectivity index (χ0v) is 16.5. The van der Waals surface area contributed by atoms with Crippen molar-refractivity contribution in [1.29, 1.82) is 0 Å². The Labute approximate surface area is 167 Å². The Bertz CT molecular complexity index is 783. The number of likely N-dealkylation sites (tertiary alicyclic amines) is 1. The molecule has 5 nitrogen and oxygen atoms in total. The highest BCUT2D eigenvalue weighted by atomic mass is 16.2. The van der Waals surface area contributed by atoms with Gasteiger partial charge in [-0.1, -0.05) is 48.5 Å². The summed E-state index contributed by atoms with van der Waals surface area (Å²) in [4.78, 5) is 26.5. The number of amides is 2. The summed E-state index contributed by atoms with van der Waals surface area (Å²) < 4.78 is 0. The van der Waals surface area contributed by atoms with Crippen LogP contribution in [-0.4, -0.2) is 49.4 Å². The molecule has 0 unspecified atom stereocenters. The third-order valence-electron chi connectivity index (χ3n) is 5.36. The topological polar surface area (TPSA) is 61.4 Å². The Morgan fingerprint density at radius 3 is 2.36 bits per heavy atom. The molecule has 1 heterocycles. The maximum atomic E-state index is 12.9. The van der Waals surface area contributed by atoms with E-state index in [1.807, 2.05) is 42.5 Å². The van der Waals surface area contributed by atoms with Crippen molar-refractivity contribution >= 4 is 11.8 Å². The van der Waals surface area contributed by atoms with Gasteiger partial charge in [-0.25, -0.2) is 0 Å². The lowest BCUT2D eigenvalue weighted by molar-refractivity contribution is -0.122. The fourth-order valence-corrected chi connectivity index (χ4v) is 3.66. The van der Waals surface area contributed by atoms with E-state index < -0.39 is 0 Å². The van der Waals surface area contributed by atoms with Crippen LogP contribution in [0.25, 0.3) is 0 Å². The SMILES string of the molecule is CNC(=O)CN1CCC(NC(=O)c2ccccc2CCc2ccccc2)CC1. The molecule has 0 radical (unpaired) electrons. The van der Waals surface area contributed by atoms with Gasteiger partial charge in [-0.05, 0) is 42.9 Å². The molecule has 0 aliphatic carbocycles. The van der Waals surface area contributed by atoms with Crippen molar-refractivity contribution in [3.8, 4) is 0 Å². The van der Waals surface area contributed by atoms with Crippen molar-refractivity contribution in [2.45, 2.75) is 31.7 Å². The van der Waals surface area contributed by atoms with Gasteiger partial charge in [0.2, 0.25) is 5.91 Å². The summed E-state index contributed by atoms with van der Waals surface area (Å²) in [5, 5.41) is 5.85. The first-order chi connectivity index (χ1) is 13.7. The summed E-state index contributed by atoms with van der Waals surface area (Å²) in [6.45, 7) is 2.08. The monoisotopic (exact) mass is 379 g/mol. The molecule has 0 spiro atoms. The molecule has 3 rings (SSSR count). The van der Waals surface area contributed by atoms with Crippen LogP contribution in [0.5, 0.6) is 0 Å². The summed E-state index contributed by atoms with van der Waals surface area (Å²) in [7, 11) is 1.66. The molecule has 1 aliphatic rings. The Balaban J connectivity index is 1.54. The molecule has 1 fully saturated rings. The molecule has 1 saturated heterocycles. The minimum Gasteiger partial charge on any atom is -0.358 e. The van der Waals surface area contributed by atoms with Crippen LogP contribution in [0, 0.1) is 0 Å². The molecule has 0 aromatic heterocycles. The van der Waals surface area contributed by atoms with E-state index in [1.165, 1.54) is 5.56 Å². The number of hydrogen-bond acceptors (Lipinski definition) is 3. The highest BCUT2D eigenvalue weighted by Crippen LogP contribution is 2.15. The second-order valence-corrected chi connectivity index (χ2v) is 7.34. The first kappa shape index (κ1) is 20.1. The predicted molar refractivity (Wildman–Crippen MR) is 111 cm³/mol. The van der Waals surface area contributed by atoms with Gasteiger partial charge in [-0.2, -0.15) is 0 Å². The van der Waals surface area contributed by atoms with E-state index in [1.54, 1.807) is 7.05 Å². The van der Waals surface area contributed by atoms with E-state index in [4.69, 9.17) is 0 Å². The van der Waals surface area contributed by atoms with Crippen LogP contribution in [0.3, 0.4) is 0 Å². The quantitative estimate of drug-likeness (QED) is 0.777. The highest BCUT2D eigenvalue weighted by molar-refractivity contribution is 5.95. The number of hydrogen-bond donors (Lipinski definition) is 2. The zero-order chi connectivity index (χ0) is 19.8. The highest BCUT2D eigenvalue weighted by Gasteiger charge is 2.23. The number of likely N-dealkylation sites (N-methyl/N-ethyl adjacent to an activating group) is 1. The van der Waals surface area contributed by atoms with Gasteiger partial charge in [0.15, 0.2) is 0 Å². The van der Waals surface area contributed by atoms with Crippen LogP contribution in [0.1, 0.15) is 34.3 Å². The Morgan fingerprint density at radius 2 is 1.64 bits per heavy atom. The number of carbonyl (C=O) groups is 2. The van der Waals surface area contributed by atoms with Crippen LogP contribution in [-0.2, 0) is 17.6 Å². The Hall–Kier alpha value is -2.66. The van der Waals surface area contributed by atoms with Gasteiger partial charge in [-0.3, -0.25) is 14.5 Å². The van der Waals surface area contributed by atoms with Crippen molar-refractivity contribution in [3.05, 3.63) is 71.3 Å². The number of nitrogens with zero attached hydrogens (tertiary/aromatic N) is 1. The van der Waals surface area contributed by atoms with Crippen LogP contribution < -0.4 is 10.6 Å². The number of benzene rings is 2. The summed E-state index contributed by atoms with van der Waals surface area (Å²) in [6, 6.07) is 18.4. The molecule has 148 valence electrons. The van der Waals surface area contributed by atoms with Gasteiger partial charge >= 0.3 is 0 Å². The molecule has 1 aliphatic heterocycles. The van der Waals surface area contributed by atoms with Crippen LogP contribution >= 0.6 is 0 Å². The molecule has 28 heavy (non-hydrogen) atoms. The predicted octanol–water partition coefficient (Wildman–Crippen LogP) is 2.41. The van der Waals surface area contributed by atoms with Crippen molar-refractivity contribution in [3.63, 3.8) is 0 Å². The number of rotatable bonds is 7. The third kappa shape index (κ3) is 5.67. The van der Waals surface area contributed by atoms with Gasteiger partial charge in [0.05, 0.1) is 6.54 Å². The zero-order valence-electron chi connectivity index (χ0n) is 16.5. The van der Waals surface area contributed by atoms with Crippen LogP contribution in [0.15, 0.2) is 54.6 Å². The number of aryl methyl sites for hydroxylation is 2. The second kappa shape index (κ2) is 10.0. The smallest absolute Gasteiger partial charge is 0.251 e. The summed E-state index contributed by atoms with van der Waals surface area (Å²) in [5.74, 6) is 0.0447. The van der Waals surface area contributed by atoms with Crippen molar-refractivity contribution in [2.24, 2.45) is 0 Å². The number of carbonyl (C=O) groups excluding carboxylic acids is 2. The first-order valence-electron chi connectivity index (χ1n) is 10.0. The van der Waals surface area contributed by atoms with Crippen molar-refractivity contribution in [1.82, 2.24) is 15.5 Å². The van der Waals surface area contributed by atoms with E-state index in [-0.39, 0.29) is 17.9 Å². The van der Waals surface area contributed by atoms with Gasteiger partial charge in [-0.15, -0.1) is 0 Å². The van der Waals surface area contributed by atoms with Crippen LogP contribution in [0.4, 0.5) is 0 Å². The first-order valence-corrected chi connectivity index (χ1v) is 10.0. The van der Waals surface area contributed by atoms with E-state index in [0.717, 1.165) is 49.9 Å². The van der Waals surface area contributed by atoms with Gasteiger partial charge < -0.3 is 10.6 Å². The van der Waals surface area contributed by atoms with E-state index in [2.05, 4.69) is 27.7 Å². The van der Waals surface area contributed by atoms with Gasteiger partial charge in [0, 0.05) is 31.7 Å². The molecular formula is C23H29N3O2. The maximum Gasteiger partial charge on any atom is 0.251 e. The minimum absolute atomic E-state index is 0.00779. The molecule has 2 amide bonds. The molecule has 0 saturated carbocycles. The fourth-order valence-electron chi connectivity index (χ4n) is 3.66. The molecule has 2 aromatic carbocycles. The van der Waals surface area contributed by atoms with Crippen LogP contribution in [0.2, 0.25) is 0 Å². The molecule has 5 heteroatoms. The van der Waals surface area contributed by atoms with E-state index >= 15 is 0 Å². The Kier molecular flexibility index (Phi) is 7.20. The summed E-state index contributed by atoms with van der Waals surface area (Å²) >= 11 is 0. The van der Waals surface area contributed by atoms with Crippen molar-refractivity contribution in [2.75, 3.05) is 26.7 Å². The third-order valence-corrected chi connectivity index (χ3v) is 5.36. The number of piperidine rings is 1. The maximum absolute atomic E-state index is 12.9. The van der Waals surface area contributed by atoms with E-state index in [0.29, 0.717) is 6.54 Å². The minimum atomic E-state index is 0.00779. The number of nitrogens with one attached hydrogen (secondary N) is 2. The fraction of sp³-hybridized carbons (Fsp3) is 0.391. The van der Waals surface area contributed by atoms with Gasteiger partial charge in [0.25, 0.3) is 5.91 Å². The molecular weight excluding hydrogens is 350 g/mol. The summed E-state index contributed by atoms with van der Waals surface area (Å²) in [5.41, 5.74) is 3.13. The van der Waals surface area contributed by atoms with Gasteiger partial charge in [0.1, 0.15) is 0 Å². The molecule has 2 aromatic rings. The van der Waals surface area contributed by atoms with Crippen molar-refractivity contribution < 1.29 is 9.59 Å². The normalized spacial score (nSPS) is 15.2. The van der Waals surface area contributed by atoms with E-state index in [9.17, 15) is 9.59 Å². The summed E-state index contributed by atoms with van der Waals surface area (Å²) in [6.07, 6.45) is 3.50. The molecule has 0 atom stereocenters. The largest absolute Gasteiger partial charge is 0.358 e. The lowest BCUT2D eigenvalue weighted by Gasteiger charge is -2.31.